The van der Waals surface area contributed by atoms with Crippen molar-refractivity contribution in [1.29, 1.82) is 0 Å². The van der Waals surface area contributed by atoms with E-state index in [1.54, 1.807) is 22.9 Å². The van der Waals surface area contributed by atoms with Crippen LogP contribution < -0.4 is 10.6 Å². The average Bonchev–Trinajstić information content (AvgIpc) is 3.03. The average molecular weight is 366 g/mol. The van der Waals surface area contributed by atoms with Crippen LogP contribution in [0.25, 0.3) is 5.69 Å². The molecule has 2 aromatic carbocycles. The van der Waals surface area contributed by atoms with Crippen LogP contribution in [0, 0.1) is 4.77 Å². The molecule has 0 spiro atoms. The van der Waals surface area contributed by atoms with Crippen molar-refractivity contribution in [2.24, 2.45) is 0 Å². The monoisotopic (exact) mass is 366 g/mol. The molecule has 0 saturated heterocycles. The van der Waals surface area contributed by atoms with Gasteiger partial charge in [0.1, 0.15) is 5.69 Å². The third-order valence-corrected chi connectivity index (χ3v) is 4.05. The molecule has 1 aromatic heterocycles. The number of aromatic amines is 1. The van der Waals surface area contributed by atoms with E-state index in [0.29, 0.717) is 17.0 Å². The fraction of sp³-hybridized carbons (Fsp3) is 0.105. The van der Waals surface area contributed by atoms with E-state index in [2.05, 4.69) is 15.6 Å². The maximum Gasteiger partial charge on any atom is 0.270 e. The number of H-pyrrole nitrogens is 1. The summed E-state index contributed by atoms with van der Waals surface area (Å²) in [5.74, 6) is -0.351. The van der Waals surface area contributed by atoms with Crippen LogP contribution in [0.5, 0.6) is 0 Å². The Kier molecular flexibility index (Phi) is 5.28. The molecule has 2 amide bonds. The lowest BCUT2D eigenvalue weighted by molar-refractivity contribution is -0.114. The van der Waals surface area contributed by atoms with Gasteiger partial charge in [-0.05, 0) is 42.0 Å². The summed E-state index contributed by atoms with van der Waals surface area (Å²) >= 11 is 5.29. The highest BCUT2D eigenvalue weighted by atomic mass is 32.1. The van der Waals surface area contributed by atoms with Crippen molar-refractivity contribution in [2.75, 3.05) is 5.32 Å². The molecule has 26 heavy (non-hydrogen) atoms. The van der Waals surface area contributed by atoms with Gasteiger partial charge in [-0.3, -0.25) is 14.2 Å². The first-order valence-electron chi connectivity index (χ1n) is 8.05. The van der Waals surface area contributed by atoms with E-state index in [0.717, 1.165) is 16.9 Å². The van der Waals surface area contributed by atoms with E-state index < -0.39 is 0 Å². The zero-order chi connectivity index (χ0) is 18.5. The van der Waals surface area contributed by atoms with Gasteiger partial charge in [-0.25, -0.2) is 0 Å². The number of anilines is 1. The molecule has 0 radical (unpaired) electrons. The second-order valence-corrected chi connectivity index (χ2v) is 6.10. The number of aromatic nitrogens is 2. The Bertz CT molecular complexity index is 975. The van der Waals surface area contributed by atoms with Gasteiger partial charge in [0.15, 0.2) is 4.77 Å². The molecule has 0 saturated carbocycles. The van der Waals surface area contributed by atoms with Gasteiger partial charge in [0, 0.05) is 31.0 Å². The predicted octanol–water partition coefficient (Wildman–Crippen LogP) is 3.42. The van der Waals surface area contributed by atoms with Crippen LogP contribution in [0.3, 0.4) is 0 Å². The van der Waals surface area contributed by atoms with Gasteiger partial charge in [-0.1, -0.05) is 30.3 Å². The third kappa shape index (κ3) is 4.07. The summed E-state index contributed by atoms with van der Waals surface area (Å²) in [6.45, 7) is 1.83. The van der Waals surface area contributed by atoms with Gasteiger partial charge in [0.05, 0.1) is 0 Å². The lowest BCUT2D eigenvalue weighted by Gasteiger charge is -2.09. The number of imidazole rings is 1. The largest absolute Gasteiger partial charge is 0.347 e. The lowest BCUT2D eigenvalue weighted by atomic mass is 10.2. The zero-order valence-electron chi connectivity index (χ0n) is 14.2. The van der Waals surface area contributed by atoms with Crippen molar-refractivity contribution < 1.29 is 9.59 Å². The molecule has 0 unspecified atom stereocenters. The quantitative estimate of drug-likeness (QED) is 0.606. The number of carbonyl (C=O) groups excluding carboxylic acids is 2. The van der Waals surface area contributed by atoms with Crippen molar-refractivity contribution in [3.05, 3.63) is 76.8 Å². The first-order chi connectivity index (χ1) is 12.5. The van der Waals surface area contributed by atoms with Crippen molar-refractivity contribution in [3.8, 4) is 5.69 Å². The number of carbonyl (C=O) groups is 2. The van der Waals surface area contributed by atoms with Crippen LogP contribution in [-0.2, 0) is 11.3 Å². The van der Waals surface area contributed by atoms with Gasteiger partial charge in [0.25, 0.3) is 5.91 Å². The normalized spacial score (nSPS) is 10.3. The van der Waals surface area contributed by atoms with Crippen LogP contribution in [0.1, 0.15) is 23.0 Å². The molecular formula is C19H18N4O2S. The van der Waals surface area contributed by atoms with Gasteiger partial charge in [-0.15, -0.1) is 0 Å². The van der Waals surface area contributed by atoms with Gasteiger partial charge >= 0.3 is 0 Å². The molecule has 1 heterocycles. The summed E-state index contributed by atoms with van der Waals surface area (Å²) < 4.78 is 2.16. The molecular weight excluding hydrogens is 348 g/mol. The predicted molar refractivity (Wildman–Crippen MR) is 103 cm³/mol. The van der Waals surface area contributed by atoms with Gasteiger partial charge in [0.2, 0.25) is 5.91 Å². The topological polar surface area (TPSA) is 78.9 Å². The Balaban J connectivity index is 1.72. The highest BCUT2D eigenvalue weighted by Crippen LogP contribution is 2.13. The standard InChI is InChI=1S/C19H18N4O2S/c1-13(24)22-15-9-7-14(8-10-15)11-20-18(25)17-12-21-19(26)23(17)16-5-3-2-4-6-16/h2-10,12H,11H2,1H3,(H,20,25)(H,21,26)(H,22,24). The van der Waals surface area contributed by atoms with Crippen molar-refractivity contribution >= 4 is 29.7 Å². The van der Waals surface area contributed by atoms with Crippen LogP contribution in [0.2, 0.25) is 0 Å². The summed E-state index contributed by atoms with van der Waals surface area (Å²) in [6.07, 6.45) is 1.60. The number of rotatable bonds is 5. The molecule has 0 bridgehead atoms. The van der Waals surface area contributed by atoms with Crippen molar-refractivity contribution in [2.45, 2.75) is 13.5 Å². The van der Waals surface area contributed by atoms with Crippen molar-refractivity contribution in [3.63, 3.8) is 0 Å². The molecule has 0 atom stereocenters. The number of para-hydroxylation sites is 1. The van der Waals surface area contributed by atoms with E-state index in [-0.39, 0.29) is 11.8 Å². The zero-order valence-corrected chi connectivity index (χ0v) is 15.0. The summed E-state index contributed by atoms with van der Waals surface area (Å²) in [6, 6.07) is 16.8. The summed E-state index contributed by atoms with van der Waals surface area (Å²) in [5.41, 5.74) is 2.91. The smallest absolute Gasteiger partial charge is 0.270 e. The molecule has 7 heteroatoms. The van der Waals surface area contributed by atoms with E-state index in [9.17, 15) is 9.59 Å². The second-order valence-electron chi connectivity index (χ2n) is 5.71. The minimum Gasteiger partial charge on any atom is -0.347 e. The minimum absolute atomic E-state index is 0.122. The Labute approximate surface area is 155 Å². The number of hydrogen-bond acceptors (Lipinski definition) is 3. The Morgan fingerprint density at radius 2 is 1.77 bits per heavy atom. The Morgan fingerprint density at radius 1 is 1.08 bits per heavy atom. The summed E-state index contributed by atoms with van der Waals surface area (Å²) in [7, 11) is 0. The molecule has 0 aliphatic carbocycles. The van der Waals surface area contributed by atoms with Gasteiger partial charge in [-0.2, -0.15) is 0 Å². The summed E-state index contributed by atoms with van der Waals surface area (Å²) in [4.78, 5) is 26.5. The fourth-order valence-electron chi connectivity index (χ4n) is 2.55. The van der Waals surface area contributed by atoms with Crippen LogP contribution in [0.15, 0.2) is 60.8 Å². The number of nitrogens with zero attached hydrogens (tertiary/aromatic N) is 1. The van der Waals surface area contributed by atoms with E-state index >= 15 is 0 Å². The van der Waals surface area contributed by atoms with Crippen LogP contribution in [0.4, 0.5) is 5.69 Å². The number of hydrogen-bond donors (Lipinski definition) is 3. The molecule has 3 rings (SSSR count). The second kappa shape index (κ2) is 7.79. The van der Waals surface area contributed by atoms with Crippen LogP contribution >= 0.6 is 12.2 Å². The first-order valence-corrected chi connectivity index (χ1v) is 8.46. The molecule has 0 aliphatic heterocycles. The molecule has 6 nitrogen and oxygen atoms in total. The Hall–Kier alpha value is -3.19. The molecule has 132 valence electrons. The first kappa shape index (κ1) is 17.6. The van der Waals surface area contributed by atoms with Gasteiger partial charge < -0.3 is 15.6 Å². The third-order valence-electron chi connectivity index (χ3n) is 3.75. The van der Waals surface area contributed by atoms with E-state index in [1.165, 1.54) is 6.92 Å². The maximum atomic E-state index is 12.6. The minimum atomic E-state index is -0.229. The van der Waals surface area contributed by atoms with E-state index in [4.69, 9.17) is 12.2 Å². The number of amides is 2. The maximum absolute atomic E-state index is 12.6. The number of nitrogens with one attached hydrogen (secondary N) is 3. The SMILES string of the molecule is CC(=O)Nc1ccc(CNC(=O)c2c[nH]c(=S)n2-c2ccccc2)cc1. The highest BCUT2D eigenvalue weighted by Gasteiger charge is 2.14. The molecule has 3 N–H and O–H groups in total. The van der Waals surface area contributed by atoms with E-state index in [1.807, 2.05) is 42.5 Å². The Morgan fingerprint density at radius 3 is 2.42 bits per heavy atom. The van der Waals surface area contributed by atoms with Crippen molar-refractivity contribution in [1.82, 2.24) is 14.9 Å². The lowest BCUT2D eigenvalue weighted by Crippen LogP contribution is -2.25. The molecule has 0 fully saturated rings. The fourth-order valence-corrected chi connectivity index (χ4v) is 2.81. The van der Waals surface area contributed by atoms with Crippen LogP contribution in [-0.4, -0.2) is 21.4 Å². The summed E-state index contributed by atoms with van der Waals surface area (Å²) in [5, 5.41) is 5.59. The number of benzene rings is 2. The molecule has 3 aromatic rings. The molecule has 0 aliphatic rings. The highest BCUT2D eigenvalue weighted by molar-refractivity contribution is 7.71.